The zero-order chi connectivity index (χ0) is 20.2. The summed E-state index contributed by atoms with van der Waals surface area (Å²) in [6.45, 7) is 4.34. The molecular weight excluding hydrogens is 382 g/mol. The van der Waals surface area contributed by atoms with Gasteiger partial charge in [0, 0.05) is 10.4 Å². The minimum Gasteiger partial charge on any atom is -0.340 e. The molecule has 0 aliphatic carbocycles. The number of nitrogens with one attached hydrogen (secondary N) is 1. The highest BCUT2D eigenvalue weighted by atomic mass is 32.1. The van der Waals surface area contributed by atoms with Gasteiger partial charge in [-0.05, 0) is 57.1 Å². The summed E-state index contributed by atoms with van der Waals surface area (Å²) in [7, 11) is 0. The van der Waals surface area contributed by atoms with Crippen LogP contribution in [0.2, 0.25) is 0 Å². The van der Waals surface area contributed by atoms with E-state index in [-0.39, 0.29) is 11.9 Å². The Hall–Kier alpha value is -3.32. The summed E-state index contributed by atoms with van der Waals surface area (Å²) < 4.78 is 1.53. The molecule has 4 aromatic rings. The number of tetrazole rings is 1. The first-order chi connectivity index (χ1) is 14.1. The van der Waals surface area contributed by atoms with Gasteiger partial charge in [0.2, 0.25) is 0 Å². The molecule has 0 radical (unpaired) electrons. The molecule has 0 spiro atoms. The molecule has 6 nitrogen and oxygen atoms in total. The molecule has 0 fully saturated rings. The Balaban J connectivity index is 1.61. The number of thiophene rings is 1. The van der Waals surface area contributed by atoms with Crippen LogP contribution in [0.3, 0.4) is 0 Å². The van der Waals surface area contributed by atoms with Crippen LogP contribution in [0.25, 0.3) is 5.69 Å². The fourth-order valence-electron chi connectivity index (χ4n) is 3.13. The van der Waals surface area contributed by atoms with Gasteiger partial charge in [0.1, 0.15) is 6.33 Å². The molecule has 0 saturated carbocycles. The van der Waals surface area contributed by atoms with Gasteiger partial charge in [-0.1, -0.05) is 50.2 Å². The van der Waals surface area contributed by atoms with E-state index in [1.54, 1.807) is 23.5 Å². The summed E-state index contributed by atoms with van der Waals surface area (Å²) in [5.41, 5.74) is 3.62. The van der Waals surface area contributed by atoms with Gasteiger partial charge in [-0.3, -0.25) is 4.79 Å². The topological polar surface area (TPSA) is 72.7 Å². The highest BCUT2D eigenvalue weighted by Gasteiger charge is 2.19. The second-order valence-electron chi connectivity index (χ2n) is 7.05. The minimum atomic E-state index is -0.208. The molecule has 0 aliphatic heterocycles. The highest BCUT2D eigenvalue weighted by molar-refractivity contribution is 7.10. The van der Waals surface area contributed by atoms with E-state index in [0.717, 1.165) is 16.1 Å². The van der Waals surface area contributed by atoms with Crippen molar-refractivity contribution in [2.45, 2.75) is 25.8 Å². The Bertz CT molecular complexity index is 1070. The van der Waals surface area contributed by atoms with Crippen LogP contribution in [-0.2, 0) is 0 Å². The molecule has 2 heterocycles. The predicted octanol–water partition coefficient (Wildman–Crippen LogP) is 4.37. The molecule has 1 unspecified atom stereocenters. The SMILES string of the molecule is CC(C)c1ccc(C(NC(=O)c2cccc(-n3cnnn3)c2)c2cccs2)cc1. The van der Waals surface area contributed by atoms with Crippen molar-refractivity contribution >= 4 is 17.2 Å². The molecule has 7 heteroatoms. The quantitative estimate of drug-likeness (QED) is 0.519. The number of amides is 1. The van der Waals surface area contributed by atoms with Crippen molar-refractivity contribution in [3.8, 4) is 5.69 Å². The second-order valence-corrected chi connectivity index (χ2v) is 8.03. The predicted molar refractivity (Wildman–Crippen MR) is 113 cm³/mol. The Morgan fingerprint density at radius 3 is 2.48 bits per heavy atom. The molecule has 4 rings (SSSR count). The smallest absolute Gasteiger partial charge is 0.252 e. The molecular formula is C22H21N5OS. The van der Waals surface area contributed by atoms with Gasteiger partial charge in [-0.15, -0.1) is 16.4 Å². The Labute approximate surface area is 173 Å². The molecule has 0 aliphatic rings. The maximum atomic E-state index is 13.1. The van der Waals surface area contributed by atoms with E-state index in [2.05, 4.69) is 59.0 Å². The molecule has 0 saturated heterocycles. The normalized spacial score (nSPS) is 12.1. The van der Waals surface area contributed by atoms with Crippen molar-refractivity contribution in [2.24, 2.45) is 0 Å². The van der Waals surface area contributed by atoms with Crippen molar-refractivity contribution < 1.29 is 4.79 Å². The summed E-state index contributed by atoms with van der Waals surface area (Å²) in [6, 6.07) is 19.5. The summed E-state index contributed by atoms with van der Waals surface area (Å²) >= 11 is 1.63. The van der Waals surface area contributed by atoms with Gasteiger partial charge in [0.05, 0.1) is 11.7 Å². The van der Waals surface area contributed by atoms with E-state index in [9.17, 15) is 4.79 Å². The van der Waals surface area contributed by atoms with Crippen molar-refractivity contribution in [1.82, 2.24) is 25.5 Å². The molecule has 1 N–H and O–H groups in total. The maximum absolute atomic E-state index is 13.1. The lowest BCUT2D eigenvalue weighted by atomic mass is 9.98. The average Bonchev–Trinajstić information content (AvgIpc) is 3.46. The first-order valence-electron chi connectivity index (χ1n) is 9.39. The standard InChI is InChI=1S/C22H21N5OS/c1-15(2)16-8-10-17(11-9-16)21(20-7-4-12-29-20)24-22(28)18-5-3-6-19(13-18)27-14-23-25-26-27/h3-15,21H,1-2H3,(H,24,28). The Morgan fingerprint density at radius 2 is 1.83 bits per heavy atom. The number of carbonyl (C=O) groups is 1. The fraction of sp³-hybridized carbons (Fsp3) is 0.182. The lowest BCUT2D eigenvalue weighted by Crippen LogP contribution is -2.29. The van der Waals surface area contributed by atoms with E-state index >= 15 is 0 Å². The second kappa shape index (κ2) is 8.36. The third-order valence-electron chi connectivity index (χ3n) is 4.76. The maximum Gasteiger partial charge on any atom is 0.252 e. The molecule has 29 heavy (non-hydrogen) atoms. The van der Waals surface area contributed by atoms with Gasteiger partial charge in [-0.25, -0.2) is 4.68 Å². The van der Waals surface area contributed by atoms with Crippen LogP contribution in [-0.4, -0.2) is 26.1 Å². The summed E-state index contributed by atoms with van der Waals surface area (Å²) in [5, 5.41) is 16.4. The van der Waals surface area contributed by atoms with Gasteiger partial charge in [-0.2, -0.15) is 0 Å². The third-order valence-corrected chi connectivity index (χ3v) is 5.70. The van der Waals surface area contributed by atoms with Crippen LogP contribution < -0.4 is 5.32 Å². The van der Waals surface area contributed by atoms with E-state index in [1.165, 1.54) is 16.6 Å². The number of aromatic nitrogens is 4. The zero-order valence-corrected chi connectivity index (χ0v) is 17.0. The highest BCUT2D eigenvalue weighted by Crippen LogP contribution is 2.28. The van der Waals surface area contributed by atoms with Crippen LogP contribution in [0.1, 0.15) is 52.2 Å². The molecule has 0 bridgehead atoms. The number of rotatable bonds is 6. The van der Waals surface area contributed by atoms with Crippen LogP contribution in [0.15, 0.2) is 72.4 Å². The minimum absolute atomic E-state index is 0.147. The summed E-state index contributed by atoms with van der Waals surface area (Å²) in [5.74, 6) is 0.319. The third kappa shape index (κ3) is 4.25. The lowest BCUT2D eigenvalue weighted by molar-refractivity contribution is 0.0943. The zero-order valence-electron chi connectivity index (χ0n) is 16.2. The first kappa shape index (κ1) is 19.0. The van der Waals surface area contributed by atoms with E-state index in [4.69, 9.17) is 0 Å². The summed E-state index contributed by atoms with van der Waals surface area (Å²) in [4.78, 5) is 14.1. The van der Waals surface area contributed by atoms with Crippen LogP contribution in [0.4, 0.5) is 0 Å². The fourth-order valence-corrected chi connectivity index (χ4v) is 3.93. The number of nitrogens with zero attached hydrogens (tertiary/aromatic N) is 4. The number of carbonyl (C=O) groups excluding carboxylic acids is 1. The van der Waals surface area contributed by atoms with Gasteiger partial charge >= 0.3 is 0 Å². The number of benzene rings is 2. The first-order valence-corrected chi connectivity index (χ1v) is 10.3. The number of hydrogen-bond acceptors (Lipinski definition) is 5. The Kier molecular flexibility index (Phi) is 5.48. The van der Waals surface area contributed by atoms with E-state index in [0.29, 0.717) is 11.5 Å². The van der Waals surface area contributed by atoms with Gasteiger partial charge < -0.3 is 5.32 Å². The largest absolute Gasteiger partial charge is 0.340 e. The van der Waals surface area contributed by atoms with Crippen LogP contribution in [0, 0.1) is 0 Å². The molecule has 2 aromatic carbocycles. The van der Waals surface area contributed by atoms with Crippen molar-refractivity contribution in [1.29, 1.82) is 0 Å². The van der Waals surface area contributed by atoms with E-state index < -0.39 is 0 Å². The molecule has 1 amide bonds. The van der Waals surface area contributed by atoms with Crippen molar-refractivity contribution in [2.75, 3.05) is 0 Å². The molecule has 146 valence electrons. The number of hydrogen-bond donors (Lipinski definition) is 1. The molecule has 2 aromatic heterocycles. The van der Waals surface area contributed by atoms with Gasteiger partial charge in [0.25, 0.3) is 5.91 Å². The monoisotopic (exact) mass is 403 g/mol. The van der Waals surface area contributed by atoms with Crippen LogP contribution >= 0.6 is 11.3 Å². The van der Waals surface area contributed by atoms with Crippen molar-refractivity contribution in [3.63, 3.8) is 0 Å². The summed E-state index contributed by atoms with van der Waals surface area (Å²) in [6.07, 6.45) is 1.50. The van der Waals surface area contributed by atoms with Crippen molar-refractivity contribution in [3.05, 3.63) is 93.9 Å². The Morgan fingerprint density at radius 1 is 1.03 bits per heavy atom. The molecule has 1 atom stereocenters. The van der Waals surface area contributed by atoms with Gasteiger partial charge in [0.15, 0.2) is 0 Å². The average molecular weight is 404 g/mol. The lowest BCUT2D eigenvalue weighted by Gasteiger charge is -2.19. The van der Waals surface area contributed by atoms with Crippen LogP contribution in [0.5, 0.6) is 0 Å². The van der Waals surface area contributed by atoms with E-state index in [1.807, 2.05) is 29.6 Å².